The Morgan fingerprint density at radius 2 is 1.52 bits per heavy atom. The summed E-state index contributed by atoms with van der Waals surface area (Å²) < 4.78 is 2.43. The van der Waals surface area contributed by atoms with Gasteiger partial charge in [0.25, 0.3) is 9.40 Å². The van der Waals surface area contributed by atoms with Crippen LogP contribution in [-0.2, 0) is 0 Å². The average molecular weight is 298 g/mol. The first-order valence-corrected chi connectivity index (χ1v) is 8.04. The molecule has 2 aromatic carbocycles. The van der Waals surface area contributed by atoms with Crippen LogP contribution < -0.4 is 10.6 Å². The van der Waals surface area contributed by atoms with Crippen LogP contribution in [0.4, 0.5) is 11.4 Å². The SMILES string of the molecule is CCNc1cc2[s+]c3cc(NC)c(C)cc3nc2cc1C. The van der Waals surface area contributed by atoms with Crippen molar-refractivity contribution in [3.8, 4) is 0 Å². The van der Waals surface area contributed by atoms with Gasteiger partial charge in [0.15, 0.2) is 0 Å². The molecule has 0 aliphatic carbocycles. The summed E-state index contributed by atoms with van der Waals surface area (Å²) in [4.78, 5) is 4.83. The first-order valence-electron chi connectivity index (χ1n) is 7.23. The fourth-order valence-corrected chi connectivity index (χ4v) is 3.59. The summed E-state index contributed by atoms with van der Waals surface area (Å²) in [5.41, 5.74) is 6.97. The van der Waals surface area contributed by atoms with Crippen LogP contribution in [0.25, 0.3) is 20.4 Å². The molecular formula is C17H20N3S+. The van der Waals surface area contributed by atoms with Gasteiger partial charge in [-0.3, -0.25) is 0 Å². The summed E-state index contributed by atoms with van der Waals surface area (Å²) in [5, 5.41) is 6.66. The number of fused-ring (bicyclic) bond motifs is 2. The summed E-state index contributed by atoms with van der Waals surface area (Å²) in [7, 11) is 1.96. The molecule has 0 spiro atoms. The minimum atomic E-state index is 0.932. The van der Waals surface area contributed by atoms with Gasteiger partial charge < -0.3 is 10.6 Å². The Hall–Kier alpha value is -1.94. The van der Waals surface area contributed by atoms with Gasteiger partial charge in [0, 0.05) is 37.1 Å². The highest BCUT2D eigenvalue weighted by Crippen LogP contribution is 2.32. The number of benzene rings is 2. The van der Waals surface area contributed by atoms with E-state index in [1.807, 2.05) is 7.05 Å². The highest BCUT2D eigenvalue weighted by molar-refractivity contribution is 7.24. The Bertz CT molecular complexity index is 827. The molecule has 2 N–H and O–H groups in total. The highest BCUT2D eigenvalue weighted by Gasteiger charge is 2.16. The smallest absolute Gasteiger partial charge is 0.259 e. The molecule has 0 saturated heterocycles. The van der Waals surface area contributed by atoms with Crippen molar-refractivity contribution in [2.45, 2.75) is 20.8 Å². The van der Waals surface area contributed by atoms with Gasteiger partial charge in [0.05, 0.1) is 0 Å². The molecule has 3 nitrogen and oxygen atoms in total. The fraction of sp³-hybridized carbons (Fsp3) is 0.294. The van der Waals surface area contributed by atoms with E-state index < -0.39 is 0 Å². The fourth-order valence-electron chi connectivity index (χ4n) is 2.58. The number of anilines is 2. The van der Waals surface area contributed by atoms with E-state index in [0.29, 0.717) is 0 Å². The minimum absolute atomic E-state index is 0.932. The number of hydrogen-bond donors (Lipinski definition) is 2. The van der Waals surface area contributed by atoms with E-state index in [1.54, 1.807) is 11.3 Å². The first-order chi connectivity index (χ1) is 10.1. The minimum Gasteiger partial charge on any atom is -0.388 e. The molecule has 0 aliphatic rings. The molecule has 0 aliphatic heterocycles. The van der Waals surface area contributed by atoms with Crippen LogP contribution >= 0.6 is 11.3 Å². The lowest BCUT2D eigenvalue weighted by Gasteiger charge is -2.07. The maximum Gasteiger partial charge on any atom is 0.259 e. The molecule has 0 radical (unpaired) electrons. The van der Waals surface area contributed by atoms with Gasteiger partial charge in [0.2, 0.25) is 11.3 Å². The monoisotopic (exact) mass is 298 g/mol. The first kappa shape index (κ1) is 14.0. The molecule has 0 unspecified atom stereocenters. The van der Waals surface area contributed by atoms with Crippen LogP contribution in [0.5, 0.6) is 0 Å². The quantitative estimate of drug-likeness (QED) is 0.537. The Morgan fingerprint density at radius 3 is 2.10 bits per heavy atom. The average Bonchev–Trinajstić information content (AvgIpc) is 2.46. The van der Waals surface area contributed by atoms with Gasteiger partial charge in [-0.05, 0) is 44.0 Å². The molecular weight excluding hydrogens is 278 g/mol. The molecule has 0 bridgehead atoms. The standard InChI is InChI=1S/C17H20N3S/c1-5-19-13-9-17-15(7-11(13)3)20-14-6-10(2)12(18-4)8-16(14)21-17/h6-9,18-19H,5H2,1-4H3/q+1. The van der Waals surface area contributed by atoms with Crippen molar-refractivity contribution in [1.29, 1.82) is 0 Å². The van der Waals surface area contributed by atoms with E-state index >= 15 is 0 Å². The molecule has 0 saturated carbocycles. The number of nitrogens with zero attached hydrogens (tertiary/aromatic N) is 1. The van der Waals surface area contributed by atoms with Gasteiger partial charge in [-0.25, -0.2) is 4.98 Å². The summed E-state index contributed by atoms with van der Waals surface area (Å²) >= 11 is 1.80. The molecule has 3 rings (SSSR count). The summed E-state index contributed by atoms with van der Waals surface area (Å²) in [5.74, 6) is 0. The number of nitrogens with one attached hydrogen (secondary N) is 2. The molecule has 4 heteroatoms. The van der Waals surface area contributed by atoms with Gasteiger partial charge in [-0.1, -0.05) is 0 Å². The van der Waals surface area contributed by atoms with E-state index in [9.17, 15) is 0 Å². The van der Waals surface area contributed by atoms with Crippen LogP contribution in [-0.4, -0.2) is 18.6 Å². The van der Waals surface area contributed by atoms with E-state index in [2.05, 4.69) is 55.7 Å². The van der Waals surface area contributed by atoms with E-state index in [0.717, 1.165) is 17.6 Å². The second-order valence-electron chi connectivity index (χ2n) is 5.26. The van der Waals surface area contributed by atoms with Crippen molar-refractivity contribution >= 4 is 43.1 Å². The zero-order valence-corrected chi connectivity index (χ0v) is 13.7. The predicted octanol–water partition coefficient (Wildman–Crippen LogP) is 4.82. The number of rotatable bonds is 3. The molecule has 21 heavy (non-hydrogen) atoms. The summed E-state index contributed by atoms with van der Waals surface area (Å²) in [6.45, 7) is 7.29. The Balaban J connectivity index is 2.27. The third kappa shape index (κ3) is 2.51. The molecule has 108 valence electrons. The molecule has 1 aromatic heterocycles. The van der Waals surface area contributed by atoms with Crippen molar-refractivity contribution in [1.82, 2.24) is 4.98 Å². The number of aryl methyl sites for hydroxylation is 2. The molecule has 1 heterocycles. The molecule has 0 amide bonds. The zero-order chi connectivity index (χ0) is 15.0. The molecule has 0 atom stereocenters. The van der Waals surface area contributed by atoms with Gasteiger partial charge in [-0.2, -0.15) is 0 Å². The lowest BCUT2D eigenvalue weighted by atomic mass is 10.1. The molecule has 3 aromatic rings. The van der Waals surface area contributed by atoms with E-state index in [1.165, 1.54) is 31.9 Å². The van der Waals surface area contributed by atoms with Crippen molar-refractivity contribution in [2.24, 2.45) is 0 Å². The predicted molar refractivity (Wildman–Crippen MR) is 94.7 cm³/mol. The second kappa shape index (κ2) is 5.45. The van der Waals surface area contributed by atoms with Gasteiger partial charge >= 0.3 is 0 Å². The van der Waals surface area contributed by atoms with Crippen LogP contribution in [0, 0.1) is 13.8 Å². The van der Waals surface area contributed by atoms with Crippen LogP contribution in [0.1, 0.15) is 18.1 Å². The van der Waals surface area contributed by atoms with Crippen molar-refractivity contribution in [3.63, 3.8) is 0 Å². The largest absolute Gasteiger partial charge is 0.388 e. The van der Waals surface area contributed by atoms with Crippen molar-refractivity contribution < 1.29 is 0 Å². The van der Waals surface area contributed by atoms with Crippen molar-refractivity contribution in [2.75, 3.05) is 24.2 Å². The molecule has 0 fully saturated rings. The van der Waals surface area contributed by atoms with Crippen LogP contribution in [0.2, 0.25) is 0 Å². The topological polar surface area (TPSA) is 37.0 Å². The normalized spacial score (nSPS) is 11.0. The van der Waals surface area contributed by atoms with E-state index in [4.69, 9.17) is 4.98 Å². The Morgan fingerprint density at radius 1 is 0.952 bits per heavy atom. The third-order valence-corrected chi connectivity index (χ3v) is 4.80. The maximum absolute atomic E-state index is 4.83. The lowest BCUT2D eigenvalue weighted by molar-refractivity contribution is 1.20. The third-order valence-electron chi connectivity index (χ3n) is 3.71. The maximum atomic E-state index is 4.83. The summed E-state index contributed by atoms with van der Waals surface area (Å²) in [6, 6.07) is 8.73. The Kier molecular flexibility index (Phi) is 3.64. The summed E-state index contributed by atoms with van der Waals surface area (Å²) in [6.07, 6.45) is 0. The van der Waals surface area contributed by atoms with Crippen LogP contribution in [0.3, 0.4) is 0 Å². The Labute approximate surface area is 129 Å². The zero-order valence-electron chi connectivity index (χ0n) is 12.9. The van der Waals surface area contributed by atoms with E-state index in [-0.39, 0.29) is 0 Å². The number of aromatic nitrogens is 1. The number of hydrogen-bond acceptors (Lipinski definition) is 3. The lowest BCUT2D eigenvalue weighted by Crippen LogP contribution is -1.98. The highest BCUT2D eigenvalue weighted by atomic mass is 32.1. The van der Waals surface area contributed by atoms with Gasteiger partial charge in [0.1, 0.15) is 11.0 Å². The van der Waals surface area contributed by atoms with Crippen molar-refractivity contribution in [3.05, 3.63) is 35.4 Å². The second-order valence-corrected chi connectivity index (χ2v) is 6.35. The van der Waals surface area contributed by atoms with Gasteiger partial charge in [-0.15, -0.1) is 0 Å². The van der Waals surface area contributed by atoms with Crippen LogP contribution in [0.15, 0.2) is 24.3 Å².